The fourth-order valence-corrected chi connectivity index (χ4v) is 6.14. The fourth-order valence-electron chi connectivity index (χ4n) is 6.01. The molecule has 1 saturated carbocycles. The van der Waals surface area contributed by atoms with Crippen molar-refractivity contribution < 1.29 is 4.79 Å². The number of carbonyl (C=O) groups excluding carboxylic acids is 1. The molecule has 182 valence electrons. The lowest BCUT2D eigenvalue weighted by Gasteiger charge is -2.49. The van der Waals surface area contributed by atoms with Crippen molar-refractivity contribution in [3.05, 3.63) is 46.2 Å². The molecule has 2 saturated heterocycles. The number of nitrogens with two attached hydrogens (primary N) is 2. The molecule has 1 aromatic heterocycles. The summed E-state index contributed by atoms with van der Waals surface area (Å²) in [6.07, 6.45) is 3.60. The van der Waals surface area contributed by atoms with E-state index in [0.29, 0.717) is 17.7 Å². The molecular weight excluding hydrogens is 450 g/mol. The summed E-state index contributed by atoms with van der Waals surface area (Å²) in [6, 6.07) is 8.82. The summed E-state index contributed by atoms with van der Waals surface area (Å²) in [6.45, 7) is 10.3. The summed E-state index contributed by atoms with van der Waals surface area (Å²) in [7, 11) is 0. The van der Waals surface area contributed by atoms with Crippen LogP contribution in [0.4, 0.5) is 11.6 Å². The number of rotatable bonds is 5. The van der Waals surface area contributed by atoms with E-state index in [1.165, 1.54) is 24.8 Å². The van der Waals surface area contributed by atoms with Crippen LogP contribution in [-0.4, -0.2) is 70.0 Å². The third-order valence-electron chi connectivity index (χ3n) is 7.99. The predicted molar refractivity (Wildman–Crippen MR) is 135 cm³/mol. The van der Waals surface area contributed by atoms with Crippen LogP contribution in [0.3, 0.4) is 0 Å². The van der Waals surface area contributed by atoms with Crippen LogP contribution in [0.2, 0.25) is 5.02 Å². The number of aryl methyl sites for hydroxylation is 1. The highest BCUT2D eigenvalue weighted by Gasteiger charge is 2.59. The average molecular weight is 484 g/mol. The van der Waals surface area contributed by atoms with Gasteiger partial charge in [-0.25, -0.2) is 9.97 Å². The van der Waals surface area contributed by atoms with E-state index in [0.717, 1.165) is 50.1 Å². The number of aromatic nitrogens is 2. The first-order valence-electron chi connectivity index (χ1n) is 12.2. The van der Waals surface area contributed by atoms with Gasteiger partial charge in [0.15, 0.2) is 17.3 Å². The van der Waals surface area contributed by atoms with Crippen molar-refractivity contribution in [2.75, 3.05) is 43.4 Å². The smallest absolute Gasteiger partial charge is 0.271 e. The first kappa shape index (κ1) is 23.3. The van der Waals surface area contributed by atoms with Gasteiger partial charge in [-0.2, -0.15) is 0 Å². The van der Waals surface area contributed by atoms with Crippen molar-refractivity contribution in [1.82, 2.24) is 19.8 Å². The molecule has 0 radical (unpaired) electrons. The lowest BCUT2D eigenvalue weighted by Crippen LogP contribution is -2.61. The zero-order valence-electron chi connectivity index (χ0n) is 20.0. The van der Waals surface area contributed by atoms with E-state index >= 15 is 0 Å². The largest absolute Gasteiger partial charge is 0.382 e. The number of hydrogen-bond acceptors (Lipinski definition) is 7. The first-order valence-corrected chi connectivity index (χ1v) is 12.6. The second-order valence-corrected chi connectivity index (χ2v) is 10.6. The van der Waals surface area contributed by atoms with E-state index in [1.54, 1.807) is 0 Å². The molecule has 2 aromatic rings. The average Bonchev–Trinajstić information content (AvgIpc) is 3.45. The summed E-state index contributed by atoms with van der Waals surface area (Å²) in [5.74, 6) is 0.900. The van der Waals surface area contributed by atoms with Gasteiger partial charge in [0.05, 0.1) is 5.69 Å². The molecule has 1 amide bonds. The molecule has 2 atom stereocenters. The molecule has 2 unspecified atom stereocenters. The van der Waals surface area contributed by atoms with Crippen LogP contribution in [0, 0.1) is 12.8 Å². The second kappa shape index (κ2) is 8.98. The number of likely N-dealkylation sites (tertiary alicyclic amines) is 1. The number of amides is 1. The number of benzene rings is 1. The van der Waals surface area contributed by atoms with Gasteiger partial charge in [-0.15, -0.1) is 0 Å². The van der Waals surface area contributed by atoms with Gasteiger partial charge in [-0.05, 0) is 62.9 Å². The third kappa shape index (κ3) is 4.34. The lowest BCUT2D eigenvalue weighted by atomic mass is 9.96. The third-order valence-corrected chi connectivity index (χ3v) is 8.24. The molecule has 4 N–H and O–H groups in total. The van der Waals surface area contributed by atoms with E-state index in [4.69, 9.17) is 23.1 Å². The number of nitrogens with zero attached hydrogens (tertiary/aromatic N) is 5. The van der Waals surface area contributed by atoms with Gasteiger partial charge in [0.25, 0.3) is 5.91 Å². The van der Waals surface area contributed by atoms with Gasteiger partial charge in [0, 0.05) is 42.8 Å². The number of hydrogen-bond donors (Lipinski definition) is 2. The highest BCUT2D eigenvalue weighted by atomic mass is 35.5. The SMILES string of the molecule is Cc1nc(C(N)=O)c(N)nc1N1CCN(C2CCN(Cc3ccc(Cl)cc3)CC2)C2(CC2C)C1. The van der Waals surface area contributed by atoms with Crippen LogP contribution < -0.4 is 16.4 Å². The number of halogens is 1. The number of carbonyl (C=O) groups is 1. The maximum Gasteiger partial charge on any atom is 0.271 e. The van der Waals surface area contributed by atoms with Crippen LogP contribution in [0.25, 0.3) is 0 Å². The molecule has 3 heterocycles. The zero-order valence-corrected chi connectivity index (χ0v) is 20.8. The van der Waals surface area contributed by atoms with Crippen molar-refractivity contribution in [3.8, 4) is 0 Å². The van der Waals surface area contributed by atoms with Crippen LogP contribution in [0.5, 0.6) is 0 Å². The second-order valence-electron chi connectivity index (χ2n) is 10.2. The van der Waals surface area contributed by atoms with Gasteiger partial charge in [-0.3, -0.25) is 14.6 Å². The van der Waals surface area contributed by atoms with Crippen LogP contribution >= 0.6 is 11.6 Å². The highest BCUT2D eigenvalue weighted by molar-refractivity contribution is 6.30. The fraction of sp³-hybridized carbons (Fsp3) is 0.560. The minimum absolute atomic E-state index is 0.0553. The van der Waals surface area contributed by atoms with Crippen molar-refractivity contribution in [1.29, 1.82) is 0 Å². The van der Waals surface area contributed by atoms with Crippen LogP contribution in [-0.2, 0) is 6.54 Å². The lowest BCUT2D eigenvalue weighted by molar-refractivity contribution is 0.0452. The number of anilines is 2. The van der Waals surface area contributed by atoms with Gasteiger partial charge < -0.3 is 16.4 Å². The van der Waals surface area contributed by atoms with E-state index in [2.05, 4.69) is 43.7 Å². The van der Waals surface area contributed by atoms with E-state index in [9.17, 15) is 4.79 Å². The molecule has 3 fully saturated rings. The topological polar surface area (TPSA) is 105 Å². The standard InChI is InChI=1S/C25H34ClN7O/c1-16-13-25(16)15-32(24-17(2)29-21(23(28)34)22(27)30-24)11-12-33(25)20-7-9-31(10-8-20)14-18-3-5-19(26)6-4-18/h3-6,16,20H,7-15H2,1-2H3,(H2,27,30)(H2,28,34). The van der Waals surface area contributed by atoms with E-state index in [1.807, 2.05) is 19.1 Å². The minimum atomic E-state index is -0.640. The Labute approximate surface area is 206 Å². The minimum Gasteiger partial charge on any atom is -0.382 e. The van der Waals surface area contributed by atoms with Crippen molar-refractivity contribution in [2.24, 2.45) is 11.7 Å². The molecule has 1 aliphatic carbocycles. The van der Waals surface area contributed by atoms with E-state index < -0.39 is 5.91 Å². The maximum absolute atomic E-state index is 11.6. The highest BCUT2D eigenvalue weighted by Crippen LogP contribution is 2.52. The molecule has 9 heteroatoms. The Hall–Kier alpha value is -2.42. The van der Waals surface area contributed by atoms with Crippen LogP contribution in [0.1, 0.15) is 47.9 Å². The Morgan fingerprint density at radius 3 is 2.44 bits per heavy atom. The summed E-state index contributed by atoms with van der Waals surface area (Å²) in [5, 5.41) is 0.790. The summed E-state index contributed by atoms with van der Waals surface area (Å²) in [5.41, 5.74) is 13.7. The molecule has 0 bridgehead atoms. The summed E-state index contributed by atoms with van der Waals surface area (Å²) < 4.78 is 0. The van der Waals surface area contributed by atoms with Gasteiger partial charge in [0.1, 0.15) is 0 Å². The molecular formula is C25H34ClN7O. The Balaban J connectivity index is 1.24. The number of nitrogen functional groups attached to an aromatic ring is 1. The normalized spacial score (nSPS) is 26.2. The maximum atomic E-state index is 11.6. The summed E-state index contributed by atoms with van der Waals surface area (Å²) >= 11 is 6.03. The van der Waals surface area contributed by atoms with Gasteiger partial charge >= 0.3 is 0 Å². The van der Waals surface area contributed by atoms with Crippen molar-refractivity contribution in [3.63, 3.8) is 0 Å². The molecule has 1 aromatic carbocycles. The molecule has 3 aliphatic rings. The molecule has 34 heavy (non-hydrogen) atoms. The summed E-state index contributed by atoms with van der Waals surface area (Å²) in [4.78, 5) is 28.1. The number of piperidine rings is 1. The zero-order chi connectivity index (χ0) is 24.0. The monoisotopic (exact) mass is 483 g/mol. The molecule has 1 spiro atoms. The molecule has 8 nitrogen and oxygen atoms in total. The van der Waals surface area contributed by atoms with Crippen molar-refractivity contribution >= 4 is 29.1 Å². The van der Waals surface area contributed by atoms with Crippen molar-refractivity contribution in [2.45, 2.75) is 51.2 Å². The van der Waals surface area contributed by atoms with Crippen LogP contribution in [0.15, 0.2) is 24.3 Å². The molecule has 5 rings (SSSR count). The first-order chi connectivity index (χ1) is 16.3. The van der Waals surface area contributed by atoms with Gasteiger partial charge in [0.2, 0.25) is 0 Å². The Kier molecular flexibility index (Phi) is 6.16. The Morgan fingerprint density at radius 2 is 1.82 bits per heavy atom. The van der Waals surface area contributed by atoms with Gasteiger partial charge in [-0.1, -0.05) is 30.7 Å². The number of primary amides is 1. The quantitative estimate of drug-likeness (QED) is 0.673. The predicted octanol–water partition coefficient (Wildman–Crippen LogP) is 2.68. The molecule has 2 aliphatic heterocycles. The Morgan fingerprint density at radius 1 is 1.15 bits per heavy atom. The van der Waals surface area contributed by atoms with E-state index in [-0.39, 0.29) is 17.1 Å². The Bertz CT molecular complexity index is 1070. The number of piperazine rings is 1.